The highest BCUT2D eigenvalue weighted by Crippen LogP contribution is 2.26. The number of ether oxygens (including phenoxy) is 1. The smallest absolute Gasteiger partial charge is 0.264 e. The van der Waals surface area contributed by atoms with Gasteiger partial charge in [-0.15, -0.1) is 0 Å². The number of aromatic nitrogens is 2. The van der Waals surface area contributed by atoms with Crippen LogP contribution in [0.4, 0.5) is 11.4 Å². The monoisotopic (exact) mass is 328 g/mol. The number of amides is 1. The first-order valence-corrected chi connectivity index (χ1v) is 7.87. The van der Waals surface area contributed by atoms with E-state index >= 15 is 0 Å². The summed E-state index contributed by atoms with van der Waals surface area (Å²) in [6.45, 7) is 6.18. The zero-order chi connectivity index (χ0) is 17.1. The van der Waals surface area contributed by atoms with Gasteiger partial charge >= 0.3 is 0 Å². The Morgan fingerprint density at radius 1 is 1.25 bits per heavy atom. The number of carbonyl (C=O) groups excluding carboxylic acids is 1. The van der Waals surface area contributed by atoms with Crippen LogP contribution < -0.4 is 15.8 Å². The molecule has 0 aliphatic carbocycles. The highest BCUT2D eigenvalue weighted by molar-refractivity contribution is 6.06. The van der Waals surface area contributed by atoms with Gasteiger partial charge in [-0.3, -0.25) is 9.59 Å². The molecule has 0 saturated carbocycles. The highest BCUT2D eigenvalue weighted by atomic mass is 16.5. The first-order chi connectivity index (χ1) is 11.6. The lowest BCUT2D eigenvalue weighted by molar-refractivity contribution is 0.102. The zero-order valence-electron chi connectivity index (χ0n) is 13.8. The van der Waals surface area contributed by atoms with Crippen molar-refractivity contribution in [1.82, 2.24) is 9.97 Å². The molecule has 2 N–H and O–H groups in total. The summed E-state index contributed by atoms with van der Waals surface area (Å²) in [6, 6.07) is 7.55. The lowest BCUT2D eigenvalue weighted by Gasteiger charge is -2.30. The SMILES string of the molecule is Cc1nc(C)c(C(=O)Nc2ccccc2N2CCOCC2)c(=O)[nH]1. The Balaban J connectivity index is 1.89. The number of aryl methyl sites for hydroxylation is 2. The molecule has 24 heavy (non-hydrogen) atoms. The quantitative estimate of drug-likeness (QED) is 0.891. The second-order valence-corrected chi connectivity index (χ2v) is 5.68. The van der Waals surface area contributed by atoms with Crippen LogP contribution in [0.2, 0.25) is 0 Å². The third-order valence-corrected chi connectivity index (χ3v) is 3.95. The fourth-order valence-electron chi connectivity index (χ4n) is 2.84. The van der Waals surface area contributed by atoms with E-state index in [1.165, 1.54) is 0 Å². The Bertz CT molecular complexity index is 810. The fraction of sp³-hybridized carbons (Fsp3) is 0.353. The second kappa shape index (κ2) is 6.84. The molecular weight excluding hydrogens is 308 g/mol. The van der Waals surface area contributed by atoms with Crippen molar-refractivity contribution >= 4 is 17.3 Å². The van der Waals surface area contributed by atoms with Gasteiger partial charge in [0.05, 0.1) is 30.3 Å². The van der Waals surface area contributed by atoms with E-state index in [0.29, 0.717) is 30.4 Å². The van der Waals surface area contributed by atoms with Gasteiger partial charge in [-0.25, -0.2) is 4.98 Å². The molecule has 2 aromatic rings. The molecule has 0 spiro atoms. The van der Waals surface area contributed by atoms with Crippen LogP contribution >= 0.6 is 0 Å². The fourth-order valence-corrected chi connectivity index (χ4v) is 2.84. The van der Waals surface area contributed by atoms with Gasteiger partial charge in [-0.2, -0.15) is 0 Å². The molecule has 1 aliphatic rings. The van der Waals surface area contributed by atoms with Crippen molar-refractivity contribution in [2.24, 2.45) is 0 Å². The number of rotatable bonds is 3. The van der Waals surface area contributed by atoms with E-state index in [1.54, 1.807) is 13.8 Å². The average Bonchev–Trinajstić information content (AvgIpc) is 2.55. The first-order valence-electron chi connectivity index (χ1n) is 7.87. The zero-order valence-corrected chi connectivity index (χ0v) is 13.8. The van der Waals surface area contributed by atoms with Gasteiger partial charge in [0.1, 0.15) is 11.4 Å². The number of nitrogens with zero attached hydrogens (tertiary/aromatic N) is 2. The van der Waals surface area contributed by atoms with Crippen molar-refractivity contribution < 1.29 is 9.53 Å². The summed E-state index contributed by atoms with van der Waals surface area (Å²) in [5.74, 6) is 0.0322. The molecule has 1 saturated heterocycles. The van der Waals surface area contributed by atoms with Gasteiger partial charge in [0.2, 0.25) is 0 Å². The maximum Gasteiger partial charge on any atom is 0.264 e. The summed E-state index contributed by atoms with van der Waals surface area (Å²) in [5.41, 5.74) is 1.61. The van der Waals surface area contributed by atoms with Crippen molar-refractivity contribution in [2.45, 2.75) is 13.8 Å². The number of carbonyl (C=O) groups is 1. The van der Waals surface area contributed by atoms with Gasteiger partial charge in [0.25, 0.3) is 11.5 Å². The summed E-state index contributed by atoms with van der Waals surface area (Å²) in [7, 11) is 0. The molecule has 7 nitrogen and oxygen atoms in total. The Labute approximate surface area is 139 Å². The molecule has 2 heterocycles. The Morgan fingerprint density at radius 3 is 2.67 bits per heavy atom. The van der Waals surface area contributed by atoms with Crippen molar-refractivity contribution in [3.05, 3.63) is 51.7 Å². The molecule has 1 fully saturated rings. The van der Waals surface area contributed by atoms with Gasteiger partial charge < -0.3 is 19.9 Å². The molecule has 0 unspecified atom stereocenters. The standard InChI is InChI=1S/C17H20N4O3/c1-11-15(16(22)19-12(2)18-11)17(23)20-13-5-3-4-6-14(13)21-7-9-24-10-8-21/h3-6H,7-10H2,1-2H3,(H,20,23)(H,18,19,22). The number of morpholine rings is 1. The van der Waals surface area contributed by atoms with Crippen LogP contribution in [0.1, 0.15) is 21.9 Å². The van der Waals surface area contributed by atoms with Crippen LogP contribution in [-0.4, -0.2) is 42.2 Å². The van der Waals surface area contributed by atoms with Gasteiger partial charge in [0.15, 0.2) is 0 Å². The van der Waals surface area contributed by atoms with E-state index in [4.69, 9.17) is 4.74 Å². The number of anilines is 2. The maximum atomic E-state index is 12.6. The molecule has 1 aromatic heterocycles. The van der Waals surface area contributed by atoms with Crippen molar-refractivity contribution in [3.8, 4) is 0 Å². The number of aromatic amines is 1. The average molecular weight is 328 g/mol. The molecule has 7 heteroatoms. The number of hydrogen-bond acceptors (Lipinski definition) is 5. The lowest BCUT2D eigenvalue weighted by atomic mass is 10.2. The normalized spacial score (nSPS) is 14.5. The molecule has 0 atom stereocenters. The van der Waals surface area contributed by atoms with Gasteiger partial charge in [0, 0.05) is 13.1 Å². The van der Waals surface area contributed by atoms with Crippen molar-refractivity contribution in [2.75, 3.05) is 36.5 Å². The van der Waals surface area contributed by atoms with Crippen LogP contribution in [0.3, 0.4) is 0 Å². The predicted octanol–water partition coefficient (Wildman–Crippen LogP) is 1.48. The number of H-pyrrole nitrogens is 1. The van der Waals surface area contributed by atoms with E-state index in [2.05, 4.69) is 20.2 Å². The first kappa shape index (κ1) is 16.2. The van der Waals surface area contributed by atoms with Crippen LogP contribution in [0.25, 0.3) is 0 Å². The predicted molar refractivity (Wildman–Crippen MR) is 91.8 cm³/mol. The number of nitrogens with one attached hydrogen (secondary N) is 2. The molecule has 3 rings (SSSR count). The van der Waals surface area contributed by atoms with Gasteiger partial charge in [-0.05, 0) is 26.0 Å². The number of benzene rings is 1. The Morgan fingerprint density at radius 2 is 1.96 bits per heavy atom. The molecule has 1 amide bonds. The minimum absolute atomic E-state index is 0.0392. The molecule has 1 aromatic carbocycles. The summed E-state index contributed by atoms with van der Waals surface area (Å²) < 4.78 is 5.37. The third-order valence-electron chi connectivity index (χ3n) is 3.95. The van der Waals surface area contributed by atoms with E-state index in [9.17, 15) is 9.59 Å². The minimum atomic E-state index is -0.457. The minimum Gasteiger partial charge on any atom is -0.378 e. The molecule has 0 bridgehead atoms. The van der Waals surface area contributed by atoms with E-state index < -0.39 is 11.5 Å². The molecule has 0 radical (unpaired) electrons. The van der Waals surface area contributed by atoms with Gasteiger partial charge in [-0.1, -0.05) is 12.1 Å². The van der Waals surface area contributed by atoms with E-state index in [0.717, 1.165) is 18.8 Å². The van der Waals surface area contributed by atoms with Crippen molar-refractivity contribution in [1.29, 1.82) is 0 Å². The largest absolute Gasteiger partial charge is 0.378 e. The third kappa shape index (κ3) is 3.30. The number of para-hydroxylation sites is 2. The molecule has 1 aliphatic heterocycles. The van der Waals surface area contributed by atoms with Crippen LogP contribution in [-0.2, 0) is 4.74 Å². The van der Waals surface area contributed by atoms with Crippen LogP contribution in [0, 0.1) is 13.8 Å². The van der Waals surface area contributed by atoms with Crippen LogP contribution in [0.5, 0.6) is 0 Å². The maximum absolute atomic E-state index is 12.6. The molecule has 126 valence electrons. The number of hydrogen-bond donors (Lipinski definition) is 2. The summed E-state index contributed by atoms with van der Waals surface area (Å²) in [5, 5.41) is 2.84. The Hall–Kier alpha value is -2.67. The lowest BCUT2D eigenvalue weighted by Crippen LogP contribution is -2.37. The van der Waals surface area contributed by atoms with E-state index in [1.807, 2.05) is 24.3 Å². The van der Waals surface area contributed by atoms with Crippen molar-refractivity contribution in [3.63, 3.8) is 0 Å². The van der Waals surface area contributed by atoms with Crippen LogP contribution in [0.15, 0.2) is 29.1 Å². The summed E-state index contributed by atoms with van der Waals surface area (Å²) in [6.07, 6.45) is 0. The summed E-state index contributed by atoms with van der Waals surface area (Å²) in [4.78, 5) is 33.6. The summed E-state index contributed by atoms with van der Waals surface area (Å²) >= 11 is 0. The topological polar surface area (TPSA) is 87.3 Å². The van der Waals surface area contributed by atoms with E-state index in [-0.39, 0.29) is 5.56 Å². The second-order valence-electron chi connectivity index (χ2n) is 5.68. The molecular formula is C17H20N4O3. The highest BCUT2D eigenvalue weighted by Gasteiger charge is 2.19. The Kier molecular flexibility index (Phi) is 4.61.